The van der Waals surface area contributed by atoms with Crippen LogP contribution in [0.1, 0.15) is 0 Å². The lowest BCUT2D eigenvalue weighted by atomic mass is 10.3. The summed E-state index contributed by atoms with van der Waals surface area (Å²) in [4.78, 5) is 24.0. The molecule has 0 aromatic heterocycles. The number of anilines is 1. The molecule has 0 aliphatic rings. The Balaban J connectivity index is 2.78. The molecule has 0 atom stereocenters. The van der Waals surface area contributed by atoms with Gasteiger partial charge in [-0.15, -0.1) is 0 Å². The number of carboxylic acids is 1. The predicted molar refractivity (Wildman–Crippen MR) is 81.9 cm³/mol. The van der Waals surface area contributed by atoms with Crippen LogP contribution in [0.3, 0.4) is 0 Å². The molecule has 0 fully saturated rings. The number of benzene rings is 1. The Morgan fingerprint density at radius 2 is 2.10 bits per heavy atom. The van der Waals surface area contributed by atoms with E-state index in [0.717, 1.165) is 4.47 Å². The van der Waals surface area contributed by atoms with Crippen molar-refractivity contribution < 1.29 is 19.4 Å². The molecule has 0 heterocycles. The van der Waals surface area contributed by atoms with E-state index >= 15 is 0 Å². The third kappa shape index (κ3) is 5.48. The molecule has 0 spiro atoms. The van der Waals surface area contributed by atoms with Crippen molar-refractivity contribution in [3.05, 3.63) is 27.1 Å². The first-order chi connectivity index (χ1) is 9.43. The normalized spacial score (nSPS) is 10.2. The SMILES string of the molecule is COCCN(CC(=O)O)C(=O)Nc1cc(Br)ccc1Br. The molecule has 2 amide bonds. The first-order valence-corrected chi connectivity index (χ1v) is 7.24. The van der Waals surface area contributed by atoms with Gasteiger partial charge in [0.1, 0.15) is 6.54 Å². The lowest BCUT2D eigenvalue weighted by Gasteiger charge is -2.21. The Labute approximate surface area is 133 Å². The van der Waals surface area contributed by atoms with Crippen LogP contribution < -0.4 is 5.32 Å². The fraction of sp³-hybridized carbons (Fsp3) is 0.333. The number of nitrogens with one attached hydrogen (secondary N) is 1. The van der Waals surface area contributed by atoms with Crippen molar-refractivity contribution in [2.45, 2.75) is 0 Å². The Hall–Kier alpha value is -1.12. The van der Waals surface area contributed by atoms with Crippen LogP contribution in [-0.4, -0.2) is 48.8 Å². The highest BCUT2D eigenvalue weighted by Gasteiger charge is 2.17. The molecule has 1 aromatic rings. The number of amides is 2. The van der Waals surface area contributed by atoms with E-state index in [1.165, 1.54) is 12.0 Å². The number of carbonyl (C=O) groups excluding carboxylic acids is 1. The summed E-state index contributed by atoms with van der Waals surface area (Å²) in [6.45, 7) is 0.0709. The highest BCUT2D eigenvalue weighted by atomic mass is 79.9. The van der Waals surface area contributed by atoms with E-state index in [-0.39, 0.29) is 19.7 Å². The molecule has 110 valence electrons. The first-order valence-electron chi connectivity index (χ1n) is 5.65. The van der Waals surface area contributed by atoms with E-state index in [9.17, 15) is 9.59 Å². The third-order valence-corrected chi connectivity index (χ3v) is 3.53. The molecule has 0 radical (unpaired) electrons. The molecular formula is C12H14Br2N2O4. The van der Waals surface area contributed by atoms with Crippen molar-refractivity contribution in [1.29, 1.82) is 0 Å². The predicted octanol–water partition coefficient (Wildman–Crippen LogP) is 2.78. The Morgan fingerprint density at radius 1 is 1.40 bits per heavy atom. The monoisotopic (exact) mass is 408 g/mol. The lowest BCUT2D eigenvalue weighted by Crippen LogP contribution is -2.40. The molecule has 0 aliphatic carbocycles. The molecule has 1 aromatic carbocycles. The van der Waals surface area contributed by atoms with Gasteiger partial charge in [-0.3, -0.25) is 4.79 Å². The van der Waals surface area contributed by atoms with Gasteiger partial charge in [0.05, 0.1) is 12.3 Å². The van der Waals surface area contributed by atoms with Crippen LogP contribution in [0, 0.1) is 0 Å². The van der Waals surface area contributed by atoms with Crippen molar-refractivity contribution in [2.24, 2.45) is 0 Å². The standard InChI is InChI=1S/C12H14Br2N2O4/c1-20-5-4-16(7-11(17)18)12(19)15-10-6-8(13)2-3-9(10)14/h2-3,6H,4-5,7H2,1H3,(H,15,19)(H,17,18). The second-order valence-electron chi connectivity index (χ2n) is 3.86. The van der Waals surface area contributed by atoms with Gasteiger partial charge in [-0.25, -0.2) is 4.79 Å². The molecule has 0 bridgehead atoms. The van der Waals surface area contributed by atoms with E-state index in [1.807, 2.05) is 6.07 Å². The summed E-state index contributed by atoms with van der Waals surface area (Å²) in [5.74, 6) is -1.08. The highest BCUT2D eigenvalue weighted by Crippen LogP contribution is 2.26. The van der Waals surface area contributed by atoms with Crippen LogP contribution in [-0.2, 0) is 9.53 Å². The van der Waals surface area contributed by atoms with Gasteiger partial charge in [-0.2, -0.15) is 0 Å². The molecule has 1 rings (SSSR count). The first kappa shape index (κ1) is 16.9. The molecule has 2 N–H and O–H groups in total. The molecule has 8 heteroatoms. The number of aliphatic carboxylic acids is 1. The number of carboxylic acid groups (broad SMARTS) is 1. The summed E-state index contributed by atoms with van der Waals surface area (Å²) in [6.07, 6.45) is 0. The van der Waals surface area contributed by atoms with Crippen molar-refractivity contribution in [3.8, 4) is 0 Å². The Morgan fingerprint density at radius 3 is 2.70 bits per heavy atom. The summed E-state index contributed by atoms with van der Waals surface area (Å²) in [5.41, 5.74) is 0.553. The number of hydrogen-bond acceptors (Lipinski definition) is 3. The van der Waals surface area contributed by atoms with Crippen LogP contribution in [0.5, 0.6) is 0 Å². The molecule has 20 heavy (non-hydrogen) atoms. The van der Waals surface area contributed by atoms with Gasteiger partial charge >= 0.3 is 12.0 Å². The van der Waals surface area contributed by atoms with Gasteiger partial charge in [0.25, 0.3) is 0 Å². The Bertz CT molecular complexity index is 496. The number of ether oxygens (including phenoxy) is 1. The summed E-state index contributed by atoms with van der Waals surface area (Å²) in [7, 11) is 1.49. The van der Waals surface area contributed by atoms with Gasteiger partial charge < -0.3 is 20.1 Å². The fourth-order valence-electron chi connectivity index (χ4n) is 1.40. The summed E-state index contributed by atoms with van der Waals surface area (Å²) in [5, 5.41) is 11.5. The molecule has 0 aliphatic heterocycles. The zero-order chi connectivity index (χ0) is 15.1. The smallest absolute Gasteiger partial charge is 0.323 e. The maximum atomic E-state index is 12.1. The topological polar surface area (TPSA) is 78.9 Å². The number of hydrogen-bond donors (Lipinski definition) is 2. The highest BCUT2D eigenvalue weighted by molar-refractivity contribution is 9.11. The molecule has 6 nitrogen and oxygen atoms in total. The van der Waals surface area contributed by atoms with Crippen molar-refractivity contribution >= 4 is 49.5 Å². The van der Waals surface area contributed by atoms with E-state index in [4.69, 9.17) is 9.84 Å². The molecular weight excluding hydrogens is 396 g/mol. The number of rotatable bonds is 6. The average molecular weight is 410 g/mol. The quantitative estimate of drug-likeness (QED) is 0.757. The lowest BCUT2D eigenvalue weighted by molar-refractivity contribution is -0.137. The summed E-state index contributed by atoms with van der Waals surface area (Å²) >= 11 is 6.62. The fourth-order valence-corrected chi connectivity index (χ4v) is 2.11. The number of methoxy groups -OCH3 is 1. The largest absolute Gasteiger partial charge is 0.480 e. The van der Waals surface area contributed by atoms with Crippen molar-refractivity contribution in [1.82, 2.24) is 4.90 Å². The van der Waals surface area contributed by atoms with Crippen LogP contribution in [0.15, 0.2) is 27.1 Å². The summed E-state index contributed by atoms with van der Waals surface area (Å²) < 4.78 is 6.37. The van der Waals surface area contributed by atoms with E-state index in [0.29, 0.717) is 10.2 Å². The van der Waals surface area contributed by atoms with Crippen LogP contribution in [0.25, 0.3) is 0 Å². The van der Waals surface area contributed by atoms with Gasteiger partial charge in [-0.1, -0.05) is 15.9 Å². The van der Waals surface area contributed by atoms with Gasteiger partial charge in [0.2, 0.25) is 0 Å². The van der Waals surface area contributed by atoms with Crippen molar-refractivity contribution in [3.63, 3.8) is 0 Å². The van der Waals surface area contributed by atoms with Crippen LogP contribution in [0.4, 0.5) is 10.5 Å². The number of halogens is 2. The number of nitrogens with zero attached hydrogens (tertiary/aromatic N) is 1. The van der Waals surface area contributed by atoms with Gasteiger partial charge in [0.15, 0.2) is 0 Å². The molecule has 0 unspecified atom stereocenters. The second-order valence-corrected chi connectivity index (χ2v) is 5.63. The van der Waals surface area contributed by atoms with Crippen molar-refractivity contribution in [2.75, 3.05) is 32.1 Å². The minimum atomic E-state index is -1.08. The summed E-state index contributed by atoms with van der Waals surface area (Å²) in [6, 6.07) is 4.82. The zero-order valence-electron chi connectivity index (χ0n) is 10.7. The van der Waals surface area contributed by atoms with E-state index in [2.05, 4.69) is 37.2 Å². The second kappa shape index (κ2) is 8.23. The zero-order valence-corrected chi connectivity index (χ0v) is 13.9. The average Bonchev–Trinajstić information content (AvgIpc) is 2.38. The molecule has 0 saturated heterocycles. The number of urea groups is 1. The van der Waals surface area contributed by atoms with E-state index < -0.39 is 12.0 Å². The molecule has 0 saturated carbocycles. The minimum Gasteiger partial charge on any atom is -0.480 e. The number of carbonyl (C=O) groups is 2. The third-order valence-electron chi connectivity index (χ3n) is 2.35. The maximum Gasteiger partial charge on any atom is 0.323 e. The van der Waals surface area contributed by atoms with Crippen LogP contribution >= 0.6 is 31.9 Å². The minimum absolute atomic E-state index is 0.195. The van der Waals surface area contributed by atoms with Gasteiger partial charge in [0, 0.05) is 22.6 Å². The van der Waals surface area contributed by atoms with Gasteiger partial charge in [-0.05, 0) is 34.1 Å². The Kier molecular flexibility index (Phi) is 6.97. The van der Waals surface area contributed by atoms with Crippen LogP contribution in [0.2, 0.25) is 0 Å². The van der Waals surface area contributed by atoms with E-state index in [1.54, 1.807) is 12.1 Å². The maximum absolute atomic E-state index is 12.1.